The van der Waals surface area contributed by atoms with E-state index in [1.807, 2.05) is 0 Å². The highest BCUT2D eigenvalue weighted by molar-refractivity contribution is 5.67. The van der Waals surface area contributed by atoms with Gasteiger partial charge in [0.05, 0.1) is 11.1 Å². The first kappa shape index (κ1) is 22.8. The van der Waals surface area contributed by atoms with Crippen LogP contribution in [0.2, 0.25) is 0 Å². The number of nitriles is 1. The smallest absolute Gasteiger partial charge is 0.416 e. The molecule has 0 bridgehead atoms. The van der Waals surface area contributed by atoms with E-state index in [0.717, 1.165) is 24.3 Å². The fraction of sp³-hybridized carbons (Fsp3) is 0.150. The highest BCUT2D eigenvalue weighted by Crippen LogP contribution is 2.36. The molecular weight excluding hydrogens is 470 g/mol. The summed E-state index contributed by atoms with van der Waals surface area (Å²) in [4.78, 5) is 3.93. The zero-order valence-corrected chi connectivity index (χ0v) is 16.6. The van der Waals surface area contributed by atoms with Crippen molar-refractivity contribution in [2.75, 3.05) is 0 Å². The molecule has 0 radical (unpaired) electrons. The maximum atomic E-state index is 13.4. The van der Waals surface area contributed by atoms with Gasteiger partial charge in [-0.25, -0.2) is 0 Å². The third kappa shape index (κ3) is 4.82. The van der Waals surface area contributed by atoms with Gasteiger partial charge < -0.3 is 9.26 Å². The van der Waals surface area contributed by atoms with Crippen molar-refractivity contribution in [1.29, 1.82) is 5.26 Å². The van der Waals surface area contributed by atoms with Gasteiger partial charge in [0.2, 0.25) is 5.82 Å². The lowest BCUT2D eigenvalue weighted by molar-refractivity contribution is -0.138. The highest BCUT2D eigenvalue weighted by Gasteiger charge is 2.32. The minimum absolute atomic E-state index is 0.00463. The first-order valence-corrected chi connectivity index (χ1v) is 9.21. The molecule has 4 rings (SSSR count). The van der Waals surface area contributed by atoms with Gasteiger partial charge in [0.25, 0.3) is 5.89 Å². The molecule has 2 heterocycles. The molecule has 0 aliphatic rings. The third-order valence-corrected chi connectivity index (χ3v) is 4.43. The number of H-pyrrole nitrogens is 1. The SMILES string of the molecule is N#Cc1n[nH]nc1-c1cc(OCc2noc(-c3cccc(C(F)(F)F)c3)n2)cc(C(F)(F)F)c1. The molecule has 2 aromatic heterocycles. The van der Waals surface area contributed by atoms with Crippen LogP contribution in [0, 0.1) is 11.3 Å². The molecule has 0 saturated carbocycles. The molecule has 0 atom stereocenters. The summed E-state index contributed by atoms with van der Waals surface area (Å²) in [5.41, 5.74) is -2.37. The van der Waals surface area contributed by atoms with Crippen molar-refractivity contribution in [2.45, 2.75) is 19.0 Å². The Morgan fingerprint density at radius 3 is 2.38 bits per heavy atom. The number of rotatable bonds is 5. The van der Waals surface area contributed by atoms with Crippen LogP contribution in [0.5, 0.6) is 5.75 Å². The Hall–Kier alpha value is -4.41. The van der Waals surface area contributed by atoms with E-state index < -0.39 is 30.1 Å². The number of hydrogen-bond donors (Lipinski definition) is 1. The van der Waals surface area contributed by atoms with Crippen LogP contribution in [0.1, 0.15) is 22.6 Å². The molecular formula is C20H10F6N6O2. The van der Waals surface area contributed by atoms with Crippen molar-refractivity contribution in [2.24, 2.45) is 0 Å². The van der Waals surface area contributed by atoms with Crippen LogP contribution >= 0.6 is 0 Å². The molecule has 0 aliphatic heterocycles. The van der Waals surface area contributed by atoms with Crippen molar-refractivity contribution in [1.82, 2.24) is 25.6 Å². The van der Waals surface area contributed by atoms with Gasteiger partial charge in [-0.05, 0) is 36.4 Å². The molecule has 0 unspecified atom stereocenters. The molecule has 1 N–H and O–H groups in total. The molecule has 8 nitrogen and oxygen atoms in total. The number of aromatic amines is 1. The molecule has 0 spiro atoms. The molecule has 2 aromatic carbocycles. The number of ether oxygens (including phenoxy) is 1. The van der Waals surface area contributed by atoms with Gasteiger partial charge in [-0.3, -0.25) is 0 Å². The Morgan fingerprint density at radius 1 is 0.941 bits per heavy atom. The van der Waals surface area contributed by atoms with Gasteiger partial charge in [-0.2, -0.15) is 46.9 Å². The Bertz CT molecular complexity index is 1370. The summed E-state index contributed by atoms with van der Waals surface area (Å²) in [6.45, 7) is -0.451. The van der Waals surface area contributed by atoms with E-state index in [9.17, 15) is 26.3 Å². The Balaban J connectivity index is 1.58. The lowest BCUT2D eigenvalue weighted by Crippen LogP contribution is -2.06. The van der Waals surface area contributed by atoms with E-state index in [4.69, 9.17) is 14.5 Å². The van der Waals surface area contributed by atoms with Crippen LogP contribution in [0.15, 0.2) is 47.0 Å². The molecule has 0 amide bonds. The maximum absolute atomic E-state index is 13.4. The summed E-state index contributed by atoms with van der Waals surface area (Å²) < 4.78 is 89.1. The van der Waals surface area contributed by atoms with E-state index in [-0.39, 0.29) is 40.0 Å². The van der Waals surface area contributed by atoms with Crippen LogP contribution < -0.4 is 4.74 Å². The van der Waals surface area contributed by atoms with Crippen LogP contribution in [0.4, 0.5) is 26.3 Å². The van der Waals surface area contributed by atoms with Gasteiger partial charge in [0.15, 0.2) is 12.3 Å². The average Bonchev–Trinajstić information content (AvgIpc) is 3.46. The summed E-state index contributed by atoms with van der Waals surface area (Å²) in [5.74, 6) is -0.594. The molecule has 34 heavy (non-hydrogen) atoms. The number of nitrogens with one attached hydrogen (secondary N) is 1. The second-order valence-electron chi connectivity index (χ2n) is 6.76. The molecule has 174 valence electrons. The number of halogens is 6. The predicted molar refractivity (Wildman–Crippen MR) is 101 cm³/mol. The largest absolute Gasteiger partial charge is 0.485 e. The van der Waals surface area contributed by atoms with E-state index in [0.29, 0.717) is 0 Å². The van der Waals surface area contributed by atoms with Crippen LogP contribution in [0.3, 0.4) is 0 Å². The zero-order chi connectivity index (χ0) is 24.5. The molecule has 0 aliphatic carbocycles. The van der Waals surface area contributed by atoms with Gasteiger partial charge in [-0.15, -0.1) is 5.10 Å². The Labute approximate surface area is 185 Å². The normalized spacial score (nSPS) is 11.9. The fourth-order valence-electron chi connectivity index (χ4n) is 2.90. The minimum atomic E-state index is -4.73. The quantitative estimate of drug-likeness (QED) is 0.400. The summed E-state index contributed by atoms with van der Waals surface area (Å²) in [5, 5.41) is 22.1. The topological polar surface area (TPSA) is 114 Å². The van der Waals surface area contributed by atoms with E-state index in [1.54, 1.807) is 6.07 Å². The monoisotopic (exact) mass is 480 g/mol. The number of hydrogen-bond acceptors (Lipinski definition) is 7. The van der Waals surface area contributed by atoms with E-state index in [2.05, 4.69) is 25.6 Å². The van der Waals surface area contributed by atoms with Crippen molar-refractivity contribution in [3.63, 3.8) is 0 Å². The van der Waals surface area contributed by atoms with Crippen molar-refractivity contribution in [3.05, 3.63) is 65.1 Å². The number of benzene rings is 2. The number of nitrogens with zero attached hydrogens (tertiary/aromatic N) is 5. The summed E-state index contributed by atoms with van der Waals surface area (Å²) in [6, 6.07) is 8.63. The molecule has 4 aromatic rings. The lowest BCUT2D eigenvalue weighted by Gasteiger charge is -2.11. The van der Waals surface area contributed by atoms with Crippen molar-refractivity contribution >= 4 is 0 Å². The molecule has 0 fully saturated rings. The lowest BCUT2D eigenvalue weighted by atomic mass is 10.1. The standard InChI is InChI=1S/C20H10F6N6O2/c21-19(22,23)12-3-1-2-10(4-12)18-28-16(31-34-18)9-33-14-6-11(5-13(7-14)20(24,25)26)17-15(8-27)29-32-30-17/h1-7H,9H2,(H,29,30,32). The maximum Gasteiger partial charge on any atom is 0.416 e. The molecule has 14 heteroatoms. The van der Waals surface area contributed by atoms with E-state index >= 15 is 0 Å². The van der Waals surface area contributed by atoms with Crippen molar-refractivity contribution in [3.8, 4) is 34.5 Å². The summed E-state index contributed by atoms with van der Waals surface area (Å²) in [6.07, 6.45) is -9.30. The van der Waals surface area contributed by atoms with Gasteiger partial charge >= 0.3 is 12.4 Å². The first-order chi connectivity index (χ1) is 16.0. The van der Waals surface area contributed by atoms with Crippen LogP contribution in [-0.2, 0) is 19.0 Å². The van der Waals surface area contributed by atoms with Crippen molar-refractivity contribution < 1.29 is 35.6 Å². The summed E-state index contributed by atoms with van der Waals surface area (Å²) in [7, 11) is 0. The number of aromatic nitrogens is 5. The van der Waals surface area contributed by atoms with Gasteiger partial charge in [0.1, 0.15) is 17.5 Å². The first-order valence-electron chi connectivity index (χ1n) is 9.21. The van der Waals surface area contributed by atoms with Gasteiger partial charge in [0, 0.05) is 11.1 Å². The highest BCUT2D eigenvalue weighted by atomic mass is 19.4. The number of alkyl halides is 6. The Morgan fingerprint density at radius 2 is 1.68 bits per heavy atom. The van der Waals surface area contributed by atoms with E-state index in [1.165, 1.54) is 18.2 Å². The molecule has 0 saturated heterocycles. The Kier molecular flexibility index (Phi) is 5.70. The van der Waals surface area contributed by atoms with Crippen LogP contribution in [0.25, 0.3) is 22.7 Å². The minimum Gasteiger partial charge on any atom is -0.485 e. The zero-order valence-electron chi connectivity index (χ0n) is 16.6. The second-order valence-corrected chi connectivity index (χ2v) is 6.76. The third-order valence-electron chi connectivity index (χ3n) is 4.43. The average molecular weight is 480 g/mol. The second kappa shape index (κ2) is 8.50. The summed E-state index contributed by atoms with van der Waals surface area (Å²) >= 11 is 0. The van der Waals surface area contributed by atoms with Gasteiger partial charge in [-0.1, -0.05) is 11.2 Å². The van der Waals surface area contributed by atoms with Crippen LogP contribution in [-0.4, -0.2) is 25.6 Å². The predicted octanol–water partition coefficient (Wildman–Crippen LogP) is 5.01. The fourth-order valence-corrected chi connectivity index (χ4v) is 2.90.